The van der Waals surface area contributed by atoms with Crippen LogP contribution in [0, 0.1) is 12.7 Å². The number of aromatic nitrogens is 1. The summed E-state index contributed by atoms with van der Waals surface area (Å²) in [6, 6.07) is 9.86. The maximum absolute atomic E-state index is 13.2. The van der Waals surface area contributed by atoms with Gasteiger partial charge in [-0.25, -0.2) is 14.2 Å². The molecule has 1 aliphatic rings. The molecule has 6 nitrogen and oxygen atoms in total. The monoisotopic (exact) mass is 402 g/mol. The topological polar surface area (TPSA) is 61.6 Å². The Balaban J connectivity index is 1.32. The molecule has 2 amide bonds. The molecule has 0 bridgehead atoms. The van der Waals surface area contributed by atoms with Crippen LogP contribution in [0.3, 0.4) is 0 Å². The van der Waals surface area contributed by atoms with Crippen LogP contribution in [0.4, 0.5) is 14.9 Å². The first kappa shape index (κ1) is 18.7. The number of halogens is 2. The molecule has 2 aromatic carbocycles. The predicted molar refractivity (Wildman–Crippen MR) is 106 cm³/mol. The summed E-state index contributed by atoms with van der Waals surface area (Å²) < 4.78 is 19.1. The third kappa shape index (κ3) is 4.10. The molecule has 1 saturated heterocycles. The zero-order valence-corrected chi connectivity index (χ0v) is 16.2. The van der Waals surface area contributed by atoms with E-state index in [0.29, 0.717) is 31.2 Å². The zero-order chi connectivity index (χ0) is 19.7. The van der Waals surface area contributed by atoms with Gasteiger partial charge >= 0.3 is 6.03 Å². The molecule has 146 valence electrons. The lowest BCUT2D eigenvalue weighted by Crippen LogP contribution is -2.49. The molecule has 0 unspecified atom stereocenters. The number of fused-ring (bicyclic) bond motifs is 1. The molecule has 8 heteroatoms. The standard InChI is InChI=1S/C20H20ClFN4O2/c1-13-2-5-17-18(10-13)28-19(24-17)12-25-6-8-26(9-7-25)20(27)23-14-3-4-16(22)15(21)11-14/h2-5,10-11H,6-9,12H2,1H3,(H,23,27). The fourth-order valence-corrected chi connectivity index (χ4v) is 3.40. The number of anilines is 1. The van der Waals surface area contributed by atoms with Crippen molar-refractivity contribution in [1.29, 1.82) is 0 Å². The van der Waals surface area contributed by atoms with Crippen molar-refractivity contribution in [3.8, 4) is 0 Å². The summed E-state index contributed by atoms with van der Waals surface area (Å²) in [5, 5.41) is 2.74. The summed E-state index contributed by atoms with van der Waals surface area (Å²) in [6.07, 6.45) is 0. The van der Waals surface area contributed by atoms with E-state index in [1.54, 1.807) is 4.90 Å². The van der Waals surface area contributed by atoms with Crippen molar-refractivity contribution in [2.45, 2.75) is 13.5 Å². The number of hydrogen-bond donors (Lipinski definition) is 1. The Kier molecular flexibility index (Phi) is 5.19. The highest BCUT2D eigenvalue weighted by Gasteiger charge is 2.22. The van der Waals surface area contributed by atoms with E-state index in [-0.39, 0.29) is 11.1 Å². The van der Waals surface area contributed by atoms with E-state index in [1.807, 2.05) is 25.1 Å². The molecule has 1 aromatic heterocycles. The molecule has 0 radical (unpaired) electrons. The molecule has 0 saturated carbocycles. The second-order valence-electron chi connectivity index (χ2n) is 6.90. The van der Waals surface area contributed by atoms with Gasteiger partial charge < -0.3 is 14.6 Å². The van der Waals surface area contributed by atoms with Gasteiger partial charge in [-0.2, -0.15) is 0 Å². The number of amides is 2. The third-order valence-electron chi connectivity index (χ3n) is 4.78. The Hall–Kier alpha value is -2.64. The smallest absolute Gasteiger partial charge is 0.321 e. The number of nitrogens with zero attached hydrogens (tertiary/aromatic N) is 3. The van der Waals surface area contributed by atoms with Crippen LogP contribution in [0.25, 0.3) is 11.1 Å². The summed E-state index contributed by atoms with van der Waals surface area (Å²) in [5.74, 6) is 0.169. The molecule has 28 heavy (non-hydrogen) atoms. The van der Waals surface area contributed by atoms with Crippen molar-refractivity contribution in [3.05, 3.63) is 58.7 Å². The minimum Gasteiger partial charge on any atom is -0.439 e. The van der Waals surface area contributed by atoms with E-state index < -0.39 is 5.82 Å². The van der Waals surface area contributed by atoms with Gasteiger partial charge in [0.2, 0.25) is 5.89 Å². The van der Waals surface area contributed by atoms with Gasteiger partial charge in [-0.1, -0.05) is 17.7 Å². The fraction of sp³-hybridized carbons (Fsp3) is 0.300. The Morgan fingerprint density at radius 2 is 2.00 bits per heavy atom. The average molecular weight is 403 g/mol. The highest BCUT2D eigenvalue weighted by atomic mass is 35.5. The molecule has 4 rings (SSSR count). The Morgan fingerprint density at radius 3 is 2.75 bits per heavy atom. The number of nitrogens with one attached hydrogen (secondary N) is 1. The summed E-state index contributed by atoms with van der Waals surface area (Å²) in [5.41, 5.74) is 3.26. The number of rotatable bonds is 3. The summed E-state index contributed by atoms with van der Waals surface area (Å²) in [7, 11) is 0. The lowest BCUT2D eigenvalue weighted by Gasteiger charge is -2.34. The maximum atomic E-state index is 13.2. The van der Waals surface area contributed by atoms with Gasteiger partial charge in [-0.15, -0.1) is 0 Å². The maximum Gasteiger partial charge on any atom is 0.321 e. The highest BCUT2D eigenvalue weighted by molar-refractivity contribution is 6.31. The lowest BCUT2D eigenvalue weighted by molar-refractivity contribution is 0.136. The van der Waals surface area contributed by atoms with Crippen molar-refractivity contribution >= 4 is 34.4 Å². The normalized spacial score (nSPS) is 15.2. The van der Waals surface area contributed by atoms with Gasteiger partial charge in [0.15, 0.2) is 5.58 Å². The summed E-state index contributed by atoms with van der Waals surface area (Å²) in [4.78, 5) is 20.9. The van der Waals surface area contributed by atoms with Crippen LogP contribution >= 0.6 is 11.6 Å². The summed E-state index contributed by atoms with van der Waals surface area (Å²) >= 11 is 5.76. The van der Waals surface area contributed by atoms with E-state index in [2.05, 4.69) is 15.2 Å². The SMILES string of the molecule is Cc1ccc2nc(CN3CCN(C(=O)Nc4ccc(F)c(Cl)c4)CC3)oc2c1. The minimum absolute atomic E-state index is 0.0175. The molecule has 1 fully saturated rings. The van der Waals surface area contributed by atoms with Crippen LogP contribution in [-0.2, 0) is 6.54 Å². The molecule has 0 spiro atoms. The predicted octanol–water partition coefficient (Wildman–Crippen LogP) is 4.28. The van der Waals surface area contributed by atoms with E-state index >= 15 is 0 Å². The van der Waals surface area contributed by atoms with Crippen LogP contribution < -0.4 is 5.32 Å². The molecular weight excluding hydrogens is 383 g/mol. The van der Waals surface area contributed by atoms with Crippen molar-refractivity contribution in [2.75, 3.05) is 31.5 Å². The number of aryl methyl sites for hydroxylation is 1. The number of urea groups is 1. The number of piperazine rings is 1. The summed E-state index contributed by atoms with van der Waals surface area (Å²) in [6.45, 7) is 5.23. The number of hydrogen-bond acceptors (Lipinski definition) is 4. The Labute approximate surface area is 166 Å². The molecule has 0 aliphatic carbocycles. The minimum atomic E-state index is -0.511. The quantitative estimate of drug-likeness (QED) is 0.710. The van der Waals surface area contributed by atoms with Gasteiger partial charge in [0.05, 0.1) is 11.6 Å². The first-order valence-corrected chi connectivity index (χ1v) is 9.45. The average Bonchev–Trinajstić information content (AvgIpc) is 3.06. The second-order valence-corrected chi connectivity index (χ2v) is 7.31. The fourth-order valence-electron chi connectivity index (χ4n) is 3.22. The van der Waals surface area contributed by atoms with Gasteiger partial charge in [0, 0.05) is 31.9 Å². The van der Waals surface area contributed by atoms with Crippen LogP contribution in [0.5, 0.6) is 0 Å². The van der Waals surface area contributed by atoms with Crippen LogP contribution in [0.1, 0.15) is 11.5 Å². The third-order valence-corrected chi connectivity index (χ3v) is 5.07. The number of carbonyl (C=O) groups is 1. The van der Waals surface area contributed by atoms with Crippen LogP contribution in [0.15, 0.2) is 40.8 Å². The second kappa shape index (κ2) is 7.77. The van der Waals surface area contributed by atoms with E-state index in [1.165, 1.54) is 18.2 Å². The Bertz CT molecular complexity index is 1010. The van der Waals surface area contributed by atoms with E-state index in [0.717, 1.165) is 29.8 Å². The van der Waals surface area contributed by atoms with Gasteiger partial charge in [0.25, 0.3) is 0 Å². The van der Waals surface area contributed by atoms with Crippen LogP contribution in [-0.4, -0.2) is 47.0 Å². The van der Waals surface area contributed by atoms with Gasteiger partial charge in [-0.3, -0.25) is 4.90 Å². The van der Waals surface area contributed by atoms with Crippen molar-refractivity contribution in [2.24, 2.45) is 0 Å². The molecule has 2 heterocycles. The van der Waals surface area contributed by atoms with Gasteiger partial charge in [-0.05, 0) is 42.8 Å². The molecular formula is C20H20ClFN4O2. The van der Waals surface area contributed by atoms with Crippen molar-refractivity contribution < 1.29 is 13.6 Å². The van der Waals surface area contributed by atoms with Gasteiger partial charge in [0.1, 0.15) is 11.3 Å². The first-order chi connectivity index (χ1) is 13.5. The Morgan fingerprint density at radius 1 is 1.21 bits per heavy atom. The first-order valence-electron chi connectivity index (χ1n) is 9.07. The van der Waals surface area contributed by atoms with E-state index in [9.17, 15) is 9.18 Å². The number of benzene rings is 2. The van der Waals surface area contributed by atoms with Crippen molar-refractivity contribution in [3.63, 3.8) is 0 Å². The number of carbonyl (C=O) groups excluding carboxylic acids is 1. The largest absolute Gasteiger partial charge is 0.439 e. The van der Waals surface area contributed by atoms with Crippen molar-refractivity contribution in [1.82, 2.24) is 14.8 Å². The highest BCUT2D eigenvalue weighted by Crippen LogP contribution is 2.21. The van der Waals surface area contributed by atoms with Crippen LogP contribution in [0.2, 0.25) is 5.02 Å². The molecule has 3 aromatic rings. The zero-order valence-electron chi connectivity index (χ0n) is 15.4. The lowest BCUT2D eigenvalue weighted by atomic mass is 10.2. The molecule has 1 N–H and O–H groups in total. The number of oxazole rings is 1. The van der Waals surface area contributed by atoms with E-state index in [4.69, 9.17) is 16.0 Å². The molecule has 0 atom stereocenters. The molecule has 1 aliphatic heterocycles.